The summed E-state index contributed by atoms with van der Waals surface area (Å²) in [5.74, 6) is -0.341. The van der Waals surface area contributed by atoms with Crippen LogP contribution in [-0.4, -0.2) is 152 Å². The Balaban J connectivity index is 0.000000138. The van der Waals surface area contributed by atoms with Gasteiger partial charge in [-0.25, -0.2) is 58.0 Å². The summed E-state index contributed by atoms with van der Waals surface area (Å²) in [5, 5.41) is 8.84. The highest BCUT2D eigenvalue weighted by Gasteiger charge is 2.44. The van der Waals surface area contributed by atoms with Gasteiger partial charge >= 0.3 is 0 Å². The number of aromatic nitrogens is 4. The van der Waals surface area contributed by atoms with Gasteiger partial charge in [0, 0.05) is 160 Å². The van der Waals surface area contributed by atoms with Gasteiger partial charge in [0.15, 0.2) is 20.5 Å². The van der Waals surface area contributed by atoms with Gasteiger partial charge in [-0.3, -0.25) is 43.0 Å². The smallest absolute Gasteiger partial charge is 0.263 e. The highest BCUT2D eigenvalue weighted by molar-refractivity contribution is 7.94. The van der Waals surface area contributed by atoms with Gasteiger partial charge in [0.2, 0.25) is 23.6 Å². The molecular weight excluding hydrogens is 1810 g/mol. The SMILES string of the molecule is Cc1cc(S(=O)(=O)Nc2nccs2)ccc1N1CC[C@H](N2CCCc3cc(Cl)ccc32)C1=O.O=C1[C@@H](N2CCCc3ccccc32)CCN1c1ccc(S(=O)(=O)Nc2nccs2)cc1.O=C1[C@@H](N2CCc3c2ccc(Cl)c3F)CCN1c1ccc(S(=O)(=O)Nc2nccs2)cc1.O=C1[C@@H](N2Cc3ccccc3C2)CCN1c1ccc(S(=O)(=O)Nc2nccs2)cc1.[HH].[HH].[HH]. The first-order valence-corrected chi connectivity index (χ1v) is 50.7. The Morgan fingerprint density at radius 2 is 0.746 bits per heavy atom. The van der Waals surface area contributed by atoms with Gasteiger partial charge in [-0.05, 0) is 220 Å². The fraction of sp³-hybridized carbons (Fsp3) is 0.264. The molecule has 0 aliphatic carbocycles. The third-order valence-electron chi connectivity index (χ3n) is 23.3. The molecule has 4 saturated heterocycles. The summed E-state index contributed by atoms with van der Waals surface area (Å²) in [6.07, 6.45) is 13.5. The monoisotopic (exact) mass is 1890 g/mol. The second-order valence-corrected chi connectivity index (χ2v) is 42.0. The van der Waals surface area contributed by atoms with Gasteiger partial charge in [0.1, 0.15) is 23.9 Å². The molecule has 4 fully saturated rings. The lowest BCUT2D eigenvalue weighted by molar-refractivity contribution is -0.122. The van der Waals surface area contributed by atoms with Crippen molar-refractivity contribution in [3.63, 3.8) is 0 Å². The highest BCUT2D eigenvalue weighted by atomic mass is 35.5. The fourth-order valence-electron chi connectivity index (χ4n) is 17.3. The highest BCUT2D eigenvalue weighted by Crippen LogP contribution is 2.42. The number of carbonyl (C=O) groups excluding carboxylic acids is 4. The molecule has 126 heavy (non-hydrogen) atoms. The van der Waals surface area contributed by atoms with Crippen molar-refractivity contribution in [3.05, 3.63) is 265 Å². The normalized spacial score (nSPS) is 18.7. The molecule has 0 spiro atoms. The zero-order valence-electron chi connectivity index (χ0n) is 67.5. The first kappa shape index (κ1) is 87.1. The molecule has 4 N–H and O–H groups in total. The summed E-state index contributed by atoms with van der Waals surface area (Å²) < 4.78 is 125. The Bertz CT molecular complexity index is 6530. The van der Waals surface area contributed by atoms with Crippen molar-refractivity contribution in [1.29, 1.82) is 0 Å². The van der Waals surface area contributed by atoms with E-state index in [1.165, 1.54) is 122 Å². The molecule has 8 aromatic carbocycles. The average molecular weight is 1900 g/mol. The fourth-order valence-corrected chi connectivity index (χ4v) is 24.9. The number of sulfonamides is 4. The zero-order valence-corrected chi connectivity index (χ0v) is 75.5. The number of carbonyl (C=O) groups is 4. The molecule has 20 rings (SSSR count). The second-order valence-electron chi connectivity index (χ2n) is 30.9. The van der Waals surface area contributed by atoms with Gasteiger partial charge in [0.05, 0.1) is 30.6 Å². The predicted octanol–water partition coefficient (Wildman–Crippen LogP) is 15.7. The van der Waals surface area contributed by atoms with Gasteiger partial charge in [-0.1, -0.05) is 65.7 Å². The van der Waals surface area contributed by atoms with Crippen LogP contribution in [0, 0.1) is 12.7 Å². The largest absolute Gasteiger partial charge is 0.359 e. The lowest BCUT2D eigenvalue weighted by atomic mass is 9.99. The van der Waals surface area contributed by atoms with Gasteiger partial charge in [0.25, 0.3) is 40.1 Å². The zero-order chi connectivity index (χ0) is 87.8. The van der Waals surface area contributed by atoms with Gasteiger partial charge < -0.3 is 34.3 Å². The first-order valence-electron chi connectivity index (χ1n) is 40.5. The van der Waals surface area contributed by atoms with Crippen molar-refractivity contribution in [2.45, 2.75) is 122 Å². The summed E-state index contributed by atoms with van der Waals surface area (Å²) in [5.41, 5.74) is 12.1. The number of para-hydroxylation sites is 1. The number of aryl methyl sites for hydroxylation is 3. The maximum Gasteiger partial charge on any atom is 0.263 e. The molecule has 4 aromatic heterocycles. The summed E-state index contributed by atoms with van der Waals surface area (Å²) in [7, 11) is -14.9. The molecule has 8 aliphatic rings. The molecule has 39 heteroatoms. The number of halogens is 3. The van der Waals surface area contributed by atoms with Gasteiger partial charge in [-0.15, -0.1) is 45.3 Å². The molecule has 0 radical (unpaired) electrons. The van der Waals surface area contributed by atoms with Crippen molar-refractivity contribution in [1.82, 2.24) is 24.8 Å². The number of amides is 4. The number of nitrogens with zero attached hydrogens (tertiary/aromatic N) is 12. The Labute approximate surface area is 759 Å². The first-order chi connectivity index (χ1) is 60.7. The van der Waals surface area contributed by atoms with Crippen molar-refractivity contribution in [2.24, 2.45) is 0 Å². The van der Waals surface area contributed by atoms with Crippen molar-refractivity contribution in [2.75, 3.05) is 99.0 Å². The van der Waals surface area contributed by atoms with E-state index in [4.69, 9.17) is 23.2 Å². The number of anilines is 11. The molecule has 0 unspecified atom stereocenters. The Hall–Kier alpha value is -11.0. The van der Waals surface area contributed by atoms with Crippen LogP contribution in [0.15, 0.2) is 236 Å². The second kappa shape index (κ2) is 36.8. The molecule has 8 aliphatic heterocycles. The quantitative estimate of drug-likeness (QED) is 0.0551. The molecule has 12 heterocycles. The topological polar surface area (TPSA) is 330 Å². The molecular formula is C87H89Cl2FN16O12S8. The van der Waals surface area contributed by atoms with Crippen LogP contribution >= 0.6 is 68.5 Å². The van der Waals surface area contributed by atoms with E-state index in [9.17, 15) is 57.2 Å². The molecule has 28 nitrogen and oxygen atoms in total. The lowest BCUT2D eigenvalue weighted by Gasteiger charge is -2.35. The Kier molecular flexibility index (Phi) is 25.4. The van der Waals surface area contributed by atoms with E-state index >= 15 is 0 Å². The number of fused-ring (bicyclic) bond motifs is 4. The van der Waals surface area contributed by atoms with E-state index in [0.29, 0.717) is 101 Å². The maximum atomic E-state index is 14.3. The van der Waals surface area contributed by atoms with E-state index in [0.717, 1.165) is 87.3 Å². The van der Waals surface area contributed by atoms with E-state index in [-0.39, 0.29) is 75.8 Å². The van der Waals surface area contributed by atoms with Crippen LogP contribution in [0.5, 0.6) is 0 Å². The third-order valence-corrected chi connectivity index (χ3v) is 32.5. The van der Waals surface area contributed by atoms with Crippen molar-refractivity contribution in [3.8, 4) is 0 Å². The van der Waals surface area contributed by atoms with E-state index in [1.54, 1.807) is 114 Å². The predicted molar refractivity (Wildman–Crippen MR) is 499 cm³/mol. The van der Waals surface area contributed by atoms with E-state index < -0.39 is 52.0 Å². The number of hydrogen-bond acceptors (Lipinski definition) is 24. The molecule has 12 aromatic rings. The number of rotatable bonds is 20. The number of hydrogen-bond donors (Lipinski definition) is 4. The number of benzene rings is 8. The molecule has 0 saturated carbocycles. The maximum absolute atomic E-state index is 14.3. The summed E-state index contributed by atoms with van der Waals surface area (Å²) in [4.78, 5) is 84.8. The number of thiazole rings is 4. The molecule has 4 atom stereocenters. The van der Waals surface area contributed by atoms with Crippen LogP contribution in [0.25, 0.3) is 0 Å². The summed E-state index contributed by atoms with van der Waals surface area (Å²) in [6.45, 7) is 8.00. The molecule has 0 bridgehead atoms. The minimum atomic E-state index is -3.76. The Morgan fingerprint density at radius 1 is 0.381 bits per heavy atom. The van der Waals surface area contributed by atoms with E-state index in [2.05, 4.69) is 77.8 Å². The van der Waals surface area contributed by atoms with Crippen LogP contribution in [0.2, 0.25) is 10.0 Å². The number of nitrogens with one attached hydrogen (secondary N) is 4. The lowest BCUT2D eigenvalue weighted by Crippen LogP contribution is -2.44. The summed E-state index contributed by atoms with van der Waals surface area (Å²) >= 11 is 16.9. The molecule has 4 amide bonds. The van der Waals surface area contributed by atoms with Crippen LogP contribution in [0.1, 0.15) is 76.2 Å². The molecule has 658 valence electrons. The minimum Gasteiger partial charge on any atom is -0.359 e. The van der Waals surface area contributed by atoms with Crippen LogP contribution in [0.3, 0.4) is 0 Å². The van der Waals surface area contributed by atoms with Gasteiger partial charge in [-0.2, -0.15) is 0 Å². The van der Waals surface area contributed by atoms with Crippen LogP contribution in [-0.2, 0) is 91.6 Å². The third kappa shape index (κ3) is 18.5. The van der Waals surface area contributed by atoms with Crippen molar-refractivity contribution >= 4 is 193 Å². The van der Waals surface area contributed by atoms with Crippen molar-refractivity contribution < 1.29 is 61.5 Å². The average Bonchev–Trinajstić information content (AvgIpc) is 1.60. The summed E-state index contributed by atoms with van der Waals surface area (Å²) in [6, 6.07) is 48.7. The van der Waals surface area contributed by atoms with E-state index in [1.807, 2.05) is 54.3 Å². The van der Waals surface area contributed by atoms with Crippen LogP contribution in [0.4, 0.5) is 64.7 Å². The van der Waals surface area contributed by atoms with Crippen LogP contribution < -0.4 is 53.2 Å². The Morgan fingerprint density at radius 3 is 1.19 bits per heavy atom. The minimum absolute atomic E-state index is 0. The standard InChI is InChI=1S/C23H23ClN4O3S2.C22H22N4O3S2.C21H18ClFN4O3S2.C21H20N4O3S2.3H2/c1-15-13-18(33(30,31)26-23-25-9-12-32-23)5-7-19(15)28-11-8-21(22(28)29)27-10-2-3-16-14-17(24)4-6-20(16)27;27-21-20(26-13-3-5-16-4-1-2-6-19(16)26)11-14-25(21)17-7-9-18(10-8-17)31(28,29)24-22-23-12-15-30-22;22-16-5-6-17-15(19(16)23)7-10-27(17)18-8-11-26(20(18)28)13-1-3-14(4-2-13)32(29,30)25-21-24-9-12-31-21;26-20-19(24-13-15-3-1-2-4-16(15)14-24)9-11-25(20)17-5-7-18(8-6-17)30(27,28)23-21-22-10-12-29-21;;;/h4-7,9,12-14,21H,2-3,8,10-11H2,1H3,(H,25,26);1-2,4,6-10,12,15,20H,3,5,11,13-14H2,(H,23,24);1-6,9,12,18H,7-8,10-11H2,(H,24,25);1-8,10,12,19H,9,11,13-14H2,(H,22,23);3*1H/t21-;20-;18-;19-;;;/m0000.../s1.